The number of hydrogen-bond donors (Lipinski definition) is 1. The number of nitriles is 1. The van der Waals surface area contributed by atoms with Gasteiger partial charge >= 0.3 is 0 Å². The van der Waals surface area contributed by atoms with E-state index in [9.17, 15) is 19.6 Å². The van der Waals surface area contributed by atoms with Crippen LogP contribution in [-0.4, -0.2) is 61.9 Å². The number of anilines is 2. The Balaban J connectivity index is 1.27. The van der Waals surface area contributed by atoms with Crippen LogP contribution in [0.5, 0.6) is 11.5 Å². The zero-order valence-electron chi connectivity index (χ0n) is 23.2. The van der Waals surface area contributed by atoms with Crippen molar-refractivity contribution in [3.63, 3.8) is 0 Å². The number of methoxy groups -OCH3 is 1. The monoisotopic (exact) mass is 618 g/mol. The Bertz CT molecular complexity index is 1630. The van der Waals surface area contributed by atoms with Crippen LogP contribution in [0.15, 0.2) is 65.6 Å². The van der Waals surface area contributed by atoms with Crippen LogP contribution in [0.25, 0.3) is 6.08 Å². The molecule has 0 spiro atoms. The lowest BCUT2D eigenvalue weighted by Crippen LogP contribution is -2.38. The summed E-state index contributed by atoms with van der Waals surface area (Å²) in [5.74, 6) is -0.495. The highest BCUT2D eigenvalue weighted by Gasteiger charge is 2.36. The lowest BCUT2D eigenvalue weighted by Gasteiger charge is -2.30. The van der Waals surface area contributed by atoms with Crippen LogP contribution < -0.4 is 19.7 Å². The normalized spacial score (nSPS) is 15.9. The van der Waals surface area contributed by atoms with Crippen molar-refractivity contribution in [1.29, 1.82) is 5.26 Å². The number of benzene rings is 3. The highest BCUT2D eigenvalue weighted by molar-refractivity contribution is 8.18. The van der Waals surface area contributed by atoms with Gasteiger partial charge in [-0.2, -0.15) is 5.26 Å². The van der Waals surface area contributed by atoms with E-state index in [-0.39, 0.29) is 22.3 Å². The number of amides is 3. The predicted octanol–water partition coefficient (Wildman–Crippen LogP) is 5.31. The minimum atomic E-state index is -0.588. The molecule has 10 nitrogen and oxygen atoms in total. The van der Waals surface area contributed by atoms with Crippen molar-refractivity contribution in [1.82, 2.24) is 4.90 Å². The molecular weight excluding hydrogens is 592 g/mol. The standard InChI is InChI=1S/C31H27ClN4O6S/c1-40-26-15-20(14-23(32)29(26)42-19-22-7-3-2-6-21(22)17-33)16-27-30(38)36(31(39)43-27)18-28(37)34-24-8-4-5-9-25(24)35-10-12-41-13-11-35/h2-9,14-16H,10-13,18-19H2,1H3,(H,34,37)/b27-16-. The molecule has 2 aliphatic rings. The summed E-state index contributed by atoms with van der Waals surface area (Å²) in [6, 6.07) is 19.8. The summed E-state index contributed by atoms with van der Waals surface area (Å²) >= 11 is 7.25. The molecule has 220 valence electrons. The molecule has 0 atom stereocenters. The third-order valence-corrected chi connectivity index (χ3v) is 7.95. The molecule has 43 heavy (non-hydrogen) atoms. The van der Waals surface area contributed by atoms with Crippen molar-refractivity contribution >= 4 is 57.9 Å². The van der Waals surface area contributed by atoms with Crippen molar-refractivity contribution in [3.05, 3.63) is 87.3 Å². The average Bonchev–Trinajstić information content (AvgIpc) is 3.28. The van der Waals surface area contributed by atoms with Gasteiger partial charge in [0.05, 0.1) is 53.3 Å². The van der Waals surface area contributed by atoms with E-state index in [0.717, 1.165) is 22.3 Å². The summed E-state index contributed by atoms with van der Waals surface area (Å²) < 4.78 is 16.8. The molecule has 2 saturated heterocycles. The molecule has 0 unspecified atom stereocenters. The number of thioether (sulfide) groups is 1. The van der Waals surface area contributed by atoms with Crippen molar-refractivity contribution in [2.24, 2.45) is 0 Å². The first-order valence-corrected chi connectivity index (χ1v) is 14.5. The first-order valence-electron chi connectivity index (χ1n) is 13.3. The summed E-state index contributed by atoms with van der Waals surface area (Å²) in [6.45, 7) is 2.23. The molecule has 0 aromatic heterocycles. The molecule has 0 radical (unpaired) electrons. The summed E-state index contributed by atoms with van der Waals surface area (Å²) in [4.78, 5) is 42.0. The number of rotatable bonds is 9. The van der Waals surface area contributed by atoms with E-state index in [1.807, 2.05) is 24.3 Å². The number of para-hydroxylation sites is 2. The van der Waals surface area contributed by atoms with E-state index in [2.05, 4.69) is 16.3 Å². The van der Waals surface area contributed by atoms with Gasteiger partial charge in [0.15, 0.2) is 11.5 Å². The fourth-order valence-corrected chi connectivity index (χ4v) is 5.76. The first kappa shape index (κ1) is 30.0. The minimum Gasteiger partial charge on any atom is -0.493 e. The van der Waals surface area contributed by atoms with Crippen LogP contribution in [-0.2, 0) is 20.9 Å². The van der Waals surface area contributed by atoms with E-state index < -0.39 is 23.6 Å². The number of carbonyl (C=O) groups excluding carboxylic acids is 3. The topological polar surface area (TPSA) is 121 Å². The number of halogens is 1. The van der Waals surface area contributed by atoms with E-state index in [1.54, 1.807) is 36.4 Å². The van der Waals surface area contributed by atoms with E-state index in [0.29, 0.717) is 54.4 Å². The summed E-state index contributed by atoms with van der Waals surface area (Å²) in [5.41, 5.74) is 3.12. The number of nitrogens with zero attached hydrogens (tertiary/aromatic N) is 3. The smallest absolute Gasteiger partial charge is 0.294 e. The zero-order valence-corrected chi connectivity index (χ0v) is 24.7. The van der Waals surface area contributed by atoms with E-state index >= 15 is 0 Å². The van der Waals surface area contributed by atoms with Crippen LogP contribution in [0.2, 0.25) is 5.02 Å². The second-order valence-electron chi connectivity index (χ2n) is 9.52. The Morgan fingerprint density at radius 1 is 1.14 bits per heavy atom. The fourth-order valence-electron chi connectivity index (χ4n) is 4.65. The molecule has 0 bridgehead atoms. The number of morpholine rings is 1. The molecule has 2 heterocycles. The molecule has 5 rings (SSSR count). The Labute approximate surface area is 257 Å². The SMILES string of the molecule is COc1cc(/C=C2\SC(=O)N(CC(=O)Nc3ccccc3N3CCOCC3)C2=O)cc(Cl)c1OCc1ccccc1C#N. The van der Waals surface area contributed by atoms with E-state index in [1.165, 1.54) is 13.2 Å². The second-order valence-corrected chi connectivity index (χ2v) is 10.9. The molecule has 2 aliphatic heterocycles. The minimum absolute atomic E-state index is 0.0943. The summed E-state index contributed by atoms with van der Waals surface area (Å²) in [7, 11) is 1.45. The molecule has 3 aromatic rings. The van der Waals surface area contributed by atoms with E-state index in [4.69, 9.17) is 25.8 Å². The largest absolute Gasteiger partial charge is 0.493 e. The van der Waals surface area contributed by atoms with Gasteiger partial charge in [-0.05, 0) is 53.7 Å². The van der Waals surface area contributed by atoms with Gasteiger partial charge in [-0.15, -0.1) is 0 Å². The van der Waals surface area contributed by atoms with Gasteiger partial charge < -0.3 is 24.4 Å². The van der Waals surface area contributed by atoms with Crippen LogP contribution in [0.3, 0.4) is 0 Å². The second kappa shape index (κ2) is 13.6. The number of nitrogens with one attached hydrogen (secondary N) is 1. The third-order valence-electron chi connectivity index (χ3n) is 6.76. The highest BCUT2D eigenvalue weighted by Crippen LogP contribution is 2.39. The Morgan fingerprint density at radius 2 is 1.88 bits per heavy atom. The van der Waals surface area contributed by atoms with Crippen molar-refractivity contribution in [3.8, 4) is 17.6 Å². The lowest BCUT2D eigenvalue weighted by atomic mass is 10.1. The number of carbonyl (C=O) groups is 3. The Hall–Kier alpha value is -4.50. The average molecular weight is 619 g/mol. The lowest BCUT2D eigenvalue weighted by molar-refractivity contribution is -0.127. The maximum atomic E-state index is 13.1. The maximum absolute atomic E-state index is 13.1. The number of hydrogen-bond acceptors (Lipinski definition) is 9. The fraction of sp³-hybridized carbons (Fsp3) is 0.226. The molecule has 0 aliphatic carbocycles. The van der Waals surface area contributed by atoms with Gasteiger partial charge in [0.1, 0.15) is 13.2 Å². The van der Waals surface area contributed by atoms with Crippen molar-refractivity contribution < 1.29 is 28.6 Å². The van der Waals surface area contributed by atoms with Crippen molar-refractivity contribution in [2.75, 3.05) is 50.2 Å². The maximum Gasteiger partial charge on any atom is 0.294 e. The highest BCUT2D eigenvalue weighted by atomic mass is 35.5. The number of ether oxygens (including phenoxy) is 3. The first-order chi connectivity index (χ1) is 20.9. The van der Waals surface area contributed by atoms with Gasteiger partial charge in [-0.25, -0.2) is 0 Å². The van der Waals surface area contributed by atoms with Gasteiger partial charge in [0.25, 0.3) is 11.1 Å². The molecule has 3 amide bonds. The number of imide groups is 1. The summed E-state index contributed by atoms with van der Waals surface area (Å²) in [6.07, 6.45) is 1.51. The van der Waals surface area contributed by atoms with Gasteiger partial charge in [-0.3, -0.25) is 19.3 Å². The van der Waals surface area contributed by atoms with Crippen molar-refractivity contribution in [2.45, 2.75) is 6.61 Å². The van der Waals surface area contributed by atoms with Crippen LogP contribution in [0.1, 0.15) is 16.7 Å². The Morgan fingerprint density at radius 3 is 2.65 bits per heavy atom. The van der Waals surface area contributed by atoms with Gasteiger partial charge in [0.2, 0.25) is 5.91 Å². The quantitative estimate of drug-likeness (QED) is 0.318. The molecular formula is C31H27ClN4O6S. The van der Waals surface area contributed by atoms with Gasteiger partial charge in [-0.1, -0.05) is 41.9 Å². The van der Waals surface area contributed by atoms with Crippen LogP contribution in [0, 0.1) is 11.3 Å². The summed E-state index contributed by atoms with van der Waals surface area (Å²) in [5, 5.41) is 11.8. The van der Waals surface area contributed by atoms with Crippen LogP contribution >= 0.6 is 23.4 Å². The molecule has 2 fully saturated rings. The third kappa shape index (κ3) is 6.94. The van der Waals surface area contributed by atoms with Gasteiger partial charge in [0, 0.05) is 18.7 Å². The molecule has 3 aromatic carbocycles. The molecule has 1 N–H and O–H groups in total. The molecule has 0 saturated carbocycles. The van der Waals surface area contributed by atoms with Crippen LogP contribution in [0.4, 0.5) is 16.2 Å². The predicted molar refractivity (Wildman–Crippen MR) is 164 cm³/mol. The molecule has 12 heteroatoms. The zero-order chi connectivity index (χ0) is 30.3. The Kier molecular flexibility index (Phi) is 9.51.